The second-order valence-corrected chi connectivity index (χ2v) is 6.01. The number of hydrogen-bond acceptors (Lipinski definition) is 2. The minimum Gasteiger partial charge on any atom is -0.295 e. The van der Waals surface area contributed by atoms with E-state index in [9.17, 15) is 4.79 Å². The first-order valence-electron chi connectivity index (χ1n) is 6.57. The van der Waals surface area contributed by atoms with Crippen molar-refractivity contribution in [2.75, 3.05) is 13.6 Å². The van der Waals surface area contributed by atoms with E-state index in [0.29, 0.717) is 6.54 Å². The highest BCUT2D eigenvalue weighted by atomic mass is 79.9. The van der Waals surface area contributed by atoms with E-state index in [1.165, 1.54) is 11.1 Å². The smallest absolute Gasteiger partial charge is 0.176 e. The molecule has 0 atom stereocenters. The zero-order valence-corrected chi connectivity index (χ0v) is 13.4. The Hall–Kier alpha value is -1.45. The lowest BCUT2D eigenvalue weighted by atomic mass is 10.1. The third-order valence-corrected chi connectivity index (χ3v) is 3.63. The maximum atomic E-state index is 12.2. The van der Waals surface area contributed by atoms with Crippen LogP contribution in [0, 0.1) is 6.92 Å². The Morgan fingerprint density at radius 3 is 2.50 bits per heavy atom. The number of benzene rings is 2. The van der Waals surface area contributed by atoms with Crippen LogP contribution in [0.1, 0.15) is 21.5 Å². The van der Waals surface area contributed by atoms with E-state index >= 15 is 0 Å². The van der Waals surface area contributed by atoms with Gasteiger partial charge in [0.25, 0.3) is 0 Å². The van der Waals surface area contributed by atoms with Gasteiger partial charge in [-0.1, -0.05) is 57.9 Å². The SMILES string of the molecule is Cc1ccc(CN(C)CC(=O)c2cccc(Br)c2)cc1. The van der Waals surface area contributed by atoms with Crippen molar-refractivity contribution in [1.29, 1.82) is 0 Å². The molecule has 0 aliphatic carbocycles. The van der Waals surface area contributed by atoms with Crippen molar-refractivity contribution >= 4 is 21.7 Å². The lowest BCUT2D eigenvalue weighted by Crippen LogP contribution is -2.25. The lowest BCUT2D eigenvalue weighted by Gasteiger charge is -2.16. The van der Waals surface area contributed by atoms with E-state index in [1.54, 1.807) is 0 Å². The molecular weight excluding hydrogens is 314 g/mol. The Kier molecular flexibility index (Phi) is 5.10. The average Bonchev–Trinajstić information content (AvgIpc) is 2.41. The number of carbonyl (C=O) groups excluding carboxylic acids is 1. The molecule has 0 spiro atoms. The molecule has 0 saturated carbocycles. The van der Waals surface area contributed by atoms with Gasteiger partial charge in [0, 0.05) is 16.6 Å². The van der Waals surface area contributed by atoms with Crippen LogP contribution in [-0.4, -0.2) is 24.3 Å². The molecule has 0 bridgehead atoms. The van der Waals surface area contributed by atoms with E-state index in [0.717, 1.165) is 16.6 Å². The van der Waals surface area contributed by atoms with Crippen molar-refractivity contribution in [3.63, 3.8) is 0 Å². The van der Waals surface area contributed by atoms with Gasteiger partial charge in [-0.25, -0.2) is 0 Å². The largest absolute Gasteiger partial charge is 0.295 e. The minimum absolute atomic E-state index is 0.140. The predicted octanol–water partition coefficient (Wildman–Crippen LogP) is 4.07. The van der Waals surface area contributed by atoms with Crippen LogP contribution in [0.3, 0.4) is 0 Å². The number of rotatable bonds is 5. The fourth-order valence-corrected chi connectivity index (χ4v) is 2.46. The molecule has 3 heteroatoms. The van der Waals surface area contributed by atoms with Crippen LogP contribution >= 0.6 is 15.9 Å². The summed E-state index contributed by atoms with van der Waals surface area (Å²) in [5.74, 6) is 0.140. The van der Waals surface area contributed by atoms with Crippen molar-refractivity contribution in [3.8, 4) is 0 Å². The molecule has 0 aliphatic heterocycles. The second kappa shape index (κ2) is 6.82. The molecule has 0 heterocycles. The number of halogens is 1. The molecule has 20 heavy (non-hydrogen) atoms. The molecule has 2 aromatic rings. The summed E-state index contributed by atoms with van der Waals surface area (Å²) in [6.45, 7) is 3.27. The average molecular weight is 332 g/mol. The second-order valence-electron chi connectivity index (χ2n) is 5.09. The molecule has 0 saturated heterocycles. The van der Waals surface area contributed by atoms with E-state index in [-0.39, 0.29) is 5.78 Å². The van der Waals surface area contributed by atoms with Crippen LogP contribution < -0.4 is 0 Å². The van der Waals surface area contributed by atoms with Crippen LogP contribution in [-0.2, 0) is 6.54 Å². The van der Waals surface area contributed by atoms with Gasteiger partial charge in [-0.3, -0.25) is 9.69 Å². The number of likely N-dealkylation sites (N-methyl/N-ethyl adjacent to an activating group) is 1. The summed E-state index contributed by atoms with van der Waals surface area (Å²) in [4.78, 5) is 14.2. The van der Waals surface area contributed by atoms with Crippen LogP contribution in [0.2, 0.25) is 0 Å². The zero-order chi connectivity index (χ0) is 14.5. The standard InChI is InChI=1S/C17H18BrNO/c1-13-6-8-14(9-7-13)11-19(2)12-17(20)15-4-3-5-16(18)10-15/h3-10H,11-12H2,1-2H3. The fraction of sp³-hybridized carbons (Fsp3) is 0.235. The maximum absolute atomic E-state index is 12.2. The molecule has 0 aliphatic rings. The first-order chi connectivity index (χ1) is 9.54. The monoisotopic (exact) mass is 331 g/mol. The Labute approximate surface area is 128 Å². The van der Waals surface area contributed by atoms with Gasteiger partial charge < -0.3 is 0 Å². The number of hydrogen-bond donors (Lipinski definition) is 0. The van der Waals surface area contributed by atoms with Crippen LogP contribution in [0.5, 0.6) is 0 Å². The highest BCUT2D eigenvalue weighted by Crippen LogP contribution is 2.13. The lowest BCUT2D eigenvalue weighted by molar-refractivity contribution is 0.0943. The van der Waals surface area contributed by atoms with E-state index < -0.39 is 0 Å². The van der Waals surface area contributed by atoms with E-state index in [1.807, 2.05) is 36.2 Å². The number of nitrogens with zero attached hydrogens (tertiary/aromatic N) is 1. The molecular formula is C17H18BrNO. The van der Waals surface area contributed by atoms with Gasteiger partial charge in [-0.15, -0.1) is 0 Å². The summed E-state index contributed by atoms with van der Waals surface area (Å²) in [5, 5.41) is 0. The third-order valence-electron chi connectivity index (χ3n) is 3.13. The first kappa shape index (κ1) is 14.9. The summed E-state index contributed by atoms with van der Waals surface area (Å²) >= 11 is 3.39. The number of carbonyl (C=O) groups is 1. The Bertz CT molecular complexity index is 592. The van der Waals surface area contributed by atoms with Gasteiger partial charge in [-0.05, 0) is 31.7 Å². The van der Waals surface area contributed by atoms with Gasteiger partial charge in [-0.2, -0.15) is 0 Å². The molecule has 0 fully saturated rings. The summed E-state index contributed by atoms with van der Waals surface area (Å²) < 4.78 is 0.935. The molecule has 104 valence electrons. The molecule has 0 aromatic heterocycles. The predicted molar refractivity (Wildman–Crippen MR) is 86.0 cm³/mol. The number of Topliss-reactive ketones (excluding diaryl/α,β-unsaturated/α-hetero) is 1. The minimum atomic E-state index is 0.140. The van der Waals surface area contributed by atoms with Gasteiger partial charge >= 0.3 is 0 Å². The third kappa shape index (κ3) is 4.29. The summed E-state index contributed by atoms with van der Waals surface area (Å²) in [7, 11) is 1.97. The van der Waals surface area contributed by atoms with Crippen LogP contribution in [0.25, 0.3) is 0 Å². The molecule has 0 unspecified atom stereocenters. The summed E-state index contributed by atoms with van der Waals surface area (Å²) in [6, 6.07) is 15.9. The zero-order valence-electron chi connectivity index (χ0n) is 11.8. The fourth-order valence-electron chi connectivity index (χ4n) is 2.06. The van der Waals surface area contributed by atoms with Gasteiger partial charge in [0.15, 0.2) is 5.78 Å². The van der Waals surface area contributed by atoms with Crippen molar-refractivity contribution in [2.24, 2.45) is 0 Å². The first-order valence-corrected chi connectivity index (χ1v) is 7.37. The Morgan fingerprint density at radius 2 is 1.85 bits per heavy atom. The molecule has 2 nitrogen and oxygen atoms in total. The normalized spacial score (nSPS) is 10.8. The van der Waals surface area contributed by atoms with Crippen LogP contribution in [0.15, 0.2) is 53.0 Å². The van der Waals surface area contributed by atoms with Crippen molar-refractivity contribution < 1.29 is 4.79 Å². The van der Waals surface area contributed by atoms with Crippen molar-refractivity contribution in [3.05, 3.63) is 69.7 Å². The van der Waals surface area contributed by atoms with E-state index in [2.05, 4.69) is 47.1 Å². The summed E-state index contributed by atoms with van der Waals surface area (Å²) in [5.41, 5.74) is 3.22. The topological polar surface area (TPSA) is 20.3 Å². The van der Waals surface area contributed by atoms with E-state index in [4.69, 9.17) is 0 Å². The Balaban J connectivity index is 1.95. The summed E-state index contributed by atoms with van der Waals surface area (Å²) in [6.07, 6.45) is 0. The van der Waals surface area contributed by atoms with Gasteiger partial charge in [0.2, 0.25) is 0 Å². The number of aryl methyl sites for hydroxylation is 1. The van der Waals surface area contributed by atoms with Gasteiger partial charge in [0.1, 0.15) is 0 Å². The van der Waals surface area contributed by atoms with Crippen LogP contribution in [0.4, 0.5) is 0 Å². The highest BCUT2D eigenvalue weighted by molar-refractivity contribution is 9.10. The molecule has 0 amide bonds. The molecule has 2 aromatic carbocycles. The Morgan fingerprint density at radius 1 is 1.15 bits per heavy atom. The number of ketones is 1. The van der Waals surface area contributed by atoms with Crippen molar-refractivity contribution in [2.45, 2.75) is 13.5 Å². The van der Waals surface area contributed by atoms with Crippen molar-refractivity contribution in [1.82, 2.24) is 4.90 Å². The highest BCUT2D eigenvalue weighted by Gasteiger charge is 2.10. The quantitative estimate of drug-likeness (QED) is 0.769. The molecule has 0 N–H and O–H groups in total. The van der Waals surface area contributed by atoms with Gasteiger partial charge in [0.05, 0.1) is 6.54 Å². The maximum Gasteiger partial charge on any atom is 0.176 e. The molecule has 0 radical (unpaired) electrons. The molecule has 2 rings (SSSR count).